The molecule has 0 aliphatic heterocycles. The Kier molecular flexibility index (Phi) is 2.61. The number of hydrogen-bond acceptors (Lipinski definition) is 3. The van der Waals surface area contributed by atoms with Crippen LogP contribution in [-0.4, -0.2) is 22.1 Å². The molecule has 0 radical (unpaired) electrons. The Morgan fingerprint density at radius 2 is 2.54 bits per heavy atom. The largest absolute Gasteiger partial charge is 0.369 e. The van der Waals surface area contributed by atoms with Gasteiger partial charge in [0.05, 0.1) is 6.10 Å². The van der Waals surface area contributed by atoms with Crippen LogP contribution in [0.2, 0.25) is 0 Å². The summed E-state index contributed by atoms with van der Waals surface area (Å²) in [5.74, 6) is 0.874. The second kappa shape index (κ2) is 3.89. The van der Waals surface area contributed by atoms with Gasteiger partial charge >= 0.3 is 0 Å². The molecular weight excluding hydrogens is 166 g/mol. The van der Waals surface area contributed by atoms with E-state index in [4.69, 9.17) is 10.5 Å². The lowest BCUT2D eigenvalue weighted by molar-refractivity contribution is 0.0323. The van der Waals surface area contributed by atoms with E-state index in [1.807, 2.05) is 0 Å². The SMILES string of the molecule is NC1CCCC1OCc1ncc[nH]1. The molecule has 1 aromatic heterocycles. The van der Waals surface area contributed by atoms with E-state index < -0.39 is 0 Å². The molecule has 4 heteroatoms. The average molecular weight is 181 g/mol. The fourth-order valence-electron chi connectivity index (χ4n) is 1.72. The lowest BCUT2D eigenvalue weighted by Crippen LogP contribution is -2.31. The summed E-state index contributed by atoms with van der Waals surface area (Å²) in [5.41, 5.74) is 5.86. The molecule has 0 amide bonds. The number of nitrogens with one attached hydrogen (secondary N) is 1. The number of nitrogens with zero attached hydrogens (tertiary/aromatic N) is 1. The third-order valence-electron chi connectivity index (χ3n) is 2.49. The van der Waals surface area contributed by atoms with E-state index in [-0.39, 0.29) is 12.1 Å². The van der Waals surface area contributed by atoms with Crippen molar-refractivity contribution in [3.63, 3.8) is 0 Å². The van der Waals surface area contributed by atoms with Gasteiger partial charge in [-0.3, -0.25) is 0 Å². The zero-order valence-electron chi connectivity index (χ0n) is 7.57. The third kappa shape index (κ3) is 2.08. The van der Waals surface area contributed by atoms with Crippen LogP contribution in [0.1, 0.15) is 25.1 Å². The van der Waals surface area contributed by atoms with Gasteiger partial charge in [-0.1, -0.05) is 0 Å². The molecular formula is C9H15N3O. The maximum Gasteiger partial charge on any atom is 0.132 e. The molecule has 1 saturated carbocycles. The van der Waals surface area contributed by atoms with Crippen molar-refractivity contribution in [2.24, 2.45) is 5.73 Å². The number of aromatic nitrogens is 2. The maximum atomic E-state index is 5.86. The molecule has 1 aliphatic carbocycles. The Morgan fingerprint density at radius 1 is 1.62 bits per heavy atom. The topological polar surface area (TPSA) is 63.9 Å². The van der Waals surface area contributed by atoms with E-state index in [1.54, 1.807) is 12.4 Å². The lowest BCUT2D eigenvalue weighted by atomic mass is 10.2. The first-order valence-corrected chi connectivity index (χ1v) is 4.71. The Bertz CT molecular complexity index is 247. The Morgan fingerprint density at radius 3 is 3.15 bits per heavy atom. The highest BCUT2D eigenvalue weighted by Crippen LogP contribution is 2.20. The summed E-state index contributed by atoms with van der Waals surface area (Å²) in [5, 5.41) is 0. The second-order valence-corrected chi connectivity index (χ2v) is 3.48. The van der Waals surface area contributed by atoms with Gasteiger partial charge in [-0.25, -0.2) is 4.98 Å². The quantitative estimate of drug-likeness (QED) is 0.725. The van der Waals surface area contributed by atoms with E-state index in [9.17, 15) is 0 Å². The Balaban J connectivity index is 1.79. The van der Waals surface area contributed by atoms with Crippen molar-refractivity contribution < 1.29 is 4.74 Å². The Hall–Kier alpha value is -0.870. The van der Waals surface area contributed by atoms with Crippen molar-refractivity contribution in [2.75, 3.05) is 0 Å². The van der Waals surface area contributed by atoms with Crippen molar-refractivity contribution >= 4 is 0 Å². The summed E-state index contributed by atoms with van der Waals surface area (Å²) in [6.45, 7) is 0.547. The molecule has 72 valence electrons. The van der Waals surface area contributed by atoms with Crippen LogP contribution in [0.25, 0.3) is 0 Å². The van der Waals surface area contributed by atoms with Crippen LogP contribution in [0.3, 0.4) is 0 Å². The minimum Gasteiger partial charge on any atom is -0.369 e. The fraction of sp³-hybridized carbons (Fsp3) is 0.667. The Labute approximate surface area is 77.5 Å². The maximum absolute atomic E-state index is 5.86. The van der Waals surface area contributed by atoms with Crippen LogP contribution in [0.15, 0.2) is 12.4 Å². The first-order chi connectivity index (χ1) is 6.36. The lowest BCUT2D eigenvalue weighted by Gasteiger charge is -2.15. The molecule has 13 heavy (non-hydrogen) atoms. The van der Waals surface area contributed by atoms with E-state index in [0.29, 0.717) is 6.61 Å². The van der Waals surface area contributed by atoms with Gasteiger partial charge in [0.25, 0.3) is 0 Å². The summed E-state index contributed by atoms with van der Waals surface area (Å²) < 4.78 is 5.64. The number of imidazole rings is 1. The standard InChI is InChI=1S/C9H15N3O/c10-7-2-1-3-8(7)13-6-9-11-4-5-12-9/h4-5,7-8H,1-3,6,10H2,(H,11,12). The molecule has 2 rings (SSSR count). The molecule has 1 fully saturated rings. The van der Waals surface area contributed by atoms with E-state index in [1.165, 1.54) is 6.42 Å². The van der Waals surface area contributed by atoms with Crippen molar-refractivity contribution in [2.45, 2.75) is 38.0 Å². The predicted octanol–water partition coefficient (Wildman–Crippen LogP) is 0.806. The monoisotopic (exact) mass is 181 g/mol. The molecule has 2 atom stereocenters. The normalized spacial score (nSPS) is 28.1. The first kappa shape index (κ1) is 8.72. The number of hydrogen-bond donors (Lipinski definition) is 2. The molecule has 0 bridgehead atoms. The fourth-order valence-corrected chi connectivity index (χ4v) is 1.72. The van der Waals surface area contributed by atoms with Gasteiger partial charge in [0.2, 0.25) is 0 Å². The van der Waals surface area contributed by atoms with Crippen LogP contribution >= 0.6 is 0 Å². The molecule has 0 aromatic carbocycles. The molecule has 0 spiro atoms. The molecule has 0 saturated heterocycles. The smallest absolute Gasteiger partial charge is 0.132 e. The van der Waals surface area contributed by atoms with Gasteiger partial charge in [-0.2, -0.15) is 0 Å². The van der Waals surface area contributed by atoms with Crippen molar-refractivity contribution in [3.05, 3.63) is 18.2 Å². The number of ether oxygens (including phenoxy) is 1. The van der Waals surface area contributed by atoms with Crippen molar-refractivity contribution in [1.82, 2.24) is 9.97 Å². The van der Waals surface area contributed by atoms with Gasteiger partial charge in [0, 0.05) is 18.4 Å². The summed E-state index contributed by atoms with van der Waals surface area (Å²) in [4.78, 5) is 7.08. The van der Waals surface area contributed by atoms with Gasteiger partial charge in [-0.15, -0.1) is 0 Å². The average Bonchev–Trinajstić information content (AvgIpc) is 2.72. The van der Waals surface area contributed by atoms with Crippen molar-refractivity contribution in [3.8, 4) is 0 Å². The van der Waals surface area contributed by atoms with Crippen molar-refractivity contribution in [1.29, 1.82) is 0 Å². The van der Waals surface area contributed by atoms with Crippen LogP contribution in [-0.2, 0) is 11.3 Å². The van der Waals surface area contributed by atoms with Gasteiger partial charge in [0.1, 0.15) is 12.4 Å². The van der Waals surface area contributed by atoms with Gasteiger partial charge in [-0.05, 0) is 19.3 Å². The summed E-state index contributed by atoms with van der Waals surface area (Å²) in [7, 11) is 0. The first-order valence-electron chi connectivity index (χ1n) is 4.71. The minimum absolute atomic E-state index is 0.218. The van der Waals surface area contributed by atoms with Gasteiger partial charge < -0.3 is 15.5 Å². The van der Waals surface area contributed by atoms with Crippen LogP contribution in [0, 0.1) is 0 Å². The number of rotatable bonds is 3. The highest BCUT2D eigenvalue weighted by atomic mass is 16.5. The molecule has 3 N–H and O–H groups in total. The predicted molar refractivity (Wildman–Crippen MR) is 49.0 cm³/mol. The highest BCUT2D eigenvalue weighted by molar-refractivity contribution is 4.86. The zero-order chi connectivity index (χ0) is 9.10. The summed E-state index contributed by atoms with van der Waals surface area (Å²) in [6.07, 6.45) is 7.11. The number of nitrogens with two attached hydrogens (primary N) is 1. The highest BCUT2D eigenvalue weighted by Gasteiger charge is 2.24. The van der Waals surface area contributed by atoms with Crippen LogP contribution in [0.4, 0.5) is 0 Å². The zero-order valence-corrected chi connectivity index (χ0v) is 7.57. The van der Waals surface area contributed by atoms with E-state index in [0.717, 1.165) is 18.7 Å². The second-order valence-electron chi connectivity index (χ2n) is 3.48. The van der Waals surface area contributed by atoms with Crippen LogP contribution in [0.5, 0.6) is 0 Å². The molecule has 1 aliphatic rings. The van der Waals surface area contributed by atoms with E-state index >= 15 is 0 Å². The number of H-pyrrole nitrogens is 1. The third-order valence-corrected chi connectivity index (χ3v) is 2.49. The molecule has 4 nitrogen and oxygen atoms in total. The molecule has 1 aromatic rings. The van der Waals surface area contributed by atoms with Gasteiger partial charge in [0.15, 0.2) is 0 Å². The summed E-state index contributed by atoms with van der Waals surface area (Å²) >= 11 is 0. The minimum atomic E-state index is 0.218. The summed E-state index contributed by atoms with van der Waals surface area (Å²) in [6, 6.07) is 0.218. The number of aromatic amines is 1. The van der Waals surface area contributed by atoms with Crippen LogP contribution < -0.4 is 5.73 Å². The molecule has 1 heterocycles. The van der Waals surface area contributed by atoms with E-state index in [2.05, 4.69) is 9.97 Å². The molecule has 2 unspecified atom stereocenters.